The Morgan fingerprint density at radius 1 is 0.944 bits per heavy atom. The highest BCUT2D eigenvalue weighted by Crippen LogP contribution is 2.11. The molecule has 0 amide bonds. The van der Waals surface area contributed by atoms with E-state index in [4.69, 9.17) is 0 Å². The molecule has 3 heteroatoms. The SMILES string of the molecule is CCCCCCCCn1c(C)c(C)[n+](C)c1C.[Br-]. The zero-order valence-corrected chi connectivity index (χ0v) is 14.3. The van der Waals surface area contributed by atoms with Crippen molar-refractivity contribution in [2.75, 3.05) is 0 Å². The highest BCUT2D eigenvalue weighted by atomic mass is 79.9. The fourth-order valence-electron chi connectivity index (χ4n) is 2.48. The molecule has 0 N–H and O–H groups in total. The molecule has 0 saturated carbocycles. The van der Waals surface area contributed by atoms with E-state index >= 15 is 0 Å². The molecular formula is C15H29BrN2. The van der Waals surface area contributed by atoms with Gasteiger partial charge < -0.3 is 17.0 Å². The van der Waals surface area contributed by atoms with Crippen LogP contribution in [-0.2, 0) is 13.6 Å². The van der Waals surface area contributed by atoms with E-state index in [1.54, 1.807) is 0 Å². The Hall–Kier alpha value is -0.310. The second-order valence-electron chi connectivity index (χ2n) is 5.20. The maximum atomic E-state index is 2.47. The molecule has 0 aliphatic rings. The van der Waals surface area contributed by atoms with Crippen LogP contribution in [0, 0.1) is 20.8 Å². The molecule has 0 fully saturated rings. The van der Waals surface area contributed by atoms with Crippen LogP contribution in [0.15, 0.2) is 0 Å². The lowest BCUT2D eigenvalue weighted by atomic mass is 10.1. The van der Waals surface area contributed by atoms with Crippen LogP contribution in [0.1, 0.15) is 62.7 Å². The maximum Gasteiger partial charge on any atom is 0.253 e. The Morgan fingerprint density at radius 2 is 1.50 bits per heavy atom. The van der Waals surface area contributed by atoms with Gasteiger partial charge >= 0.3 is 0 Å². The van der Waals surface area contributed by atoms with Gasteiger partial charge in [0.2, 0.25) is 0 Å². The molecule has 0 aliphatic carbocycles. The third-order valence-electron chi connectivity index (χ3n) is 4.04. The molecule has 1 aromatic heterocycles. The van der Waals surface area contributed by atoms with Gasteiger partial charge in [-0.25, -0.2) is 9.13 Å². The number of unbranched alkanes of at least 4 members (excludes halogenated alkanes) is 5. The van der Waals surface area contributed by atoms with E-state index in [2.05, 4.69) is 43.9 Å². The standard InChI is InChI=1S/C15H29N2.BrH/c1-6-7-8-9-10-11-12-17-14(3)13(2)16(5)15(17)4;/h6-12H2,1-5H3;1H/q+1;/p-1. The predicted molar refractivity (Wildman–Crippen MR) is 73.2 cm³/mol. The molecule has 1 rings (SSSR count). The van der Waals surface area contributed by atoms with Crippen molar-refractivity contribution >= 4 is 0 Å². The summed E-state index contributed by atoms with van der Waals surface area (Å²) in [4.78, 5) is 0. The van der Waals surface area contributed by atoms with Crippen LogP contribution >= 0.6 is 0 Å². The molecule has 0 bridgehead atoms. The van der Waals surface area contributed by atoms with Crippen LogP contribution in [0.25, 0.3) is 0 Å². The van der Waals surface area contributed by atoms with Crippen LogP contribution < -0.4 is 21.5 Å². The quantitative estimate of drug-likeness (QED) is 0.514. The number of aromatic nitrogens is 2. The summed E-state index contributed by atoms with van der Waals surface area (Å²) < 4.78 is 4.77. The number of rotatable bonds is 7. The Labute approximate surface area is 123 Å². The van der Waals surface area contributed by atoms with Crippen molar-refractivity contribution < 1.29 is 21.5 Å². The molecule has 0 atom stereocenters. The molecule has 0 saturated heterocycles. The third kappa shape index (κ3) is 4.42. The Balaban J connectivity index is 0.00000289. The largest absolute Gasteiger partial charge is 1.00 e. The number of halogens is 1. The van der Waals surface area contributed by atoms with E-state index in [1.807, 2.05) is 0 Å². The highest BCUT2D eigenvalue weighted by molar-refractivity contribution is 5.06. The lowest BCUT2D eigenvalue weighted by molar-refractivity contribution is -0.683. The summed E-state index contributed by atoms with van der Waals surface area (Å²) in [6.45, 7) is 10.1. The van der Waals surface area contributed by atoms with E-state index < -0.39 is 0 Å². The smallest absolute Gasteiger partial charge is 0.253 e. The average Bonchev–Trinajstić information content (AvgIpc) is 2.50. The number of nitrogens with zero attached hydrogens (tertiary/aromatic N) is 2. The zero-order chi connectivity index (χ0) is 12.8. The molecule has 1 heterocycles. The van der Waals surface area contributed by atoms with Crippen LogP contribution in [-0.4, -0.2) is 4.57 Å². The van der Waals surface area contributed by atoms with Crippen LogP contribution in [0.5, 0.6) is 0 Å². The average molecular weight is 317 g/mol. The first kappa shape index (κ1) is 17.7. The fraction of sp³-hybridized carbons (Fsp3) is 0.800. The van der Waals surface area contributed by atoms with Gasteiger partial charge in [0, 0.05) is 20.8 Å². The summed E-state index contributed by atoms with van der Waals surface area (Å²) in [6.07, 6.45) is 8.24. The van der Waals surface area contributed by atoms with E-state index in [1.165, 1.54) is 62.3 Å². The van der Waals surface area contributed by atoms with E-state index in [0.29, 0.717) is 0 Å². The summed E-state index contributed by atoms with van der Waals surface area (Å²) in [7, 11) is 2.16. The van der Waals surface area contributed by atoms with Crippen molar-refractivity contribution in [3.8, 4) is 0 Å². The van der Waals surface area contributed by atoms with Crippen LogP contribution in [0.4, 0.5) is 0 Å². The summed E-state index contributed by atoms with van der Waals surface area (Å²) in [5.41, 5.74) is 2.83. The van der Waals surface area contributed by atoms with Crippen molar-refractivity contribution in [3.05, 3.63) is 17.2 Å². The first-order valence-corrected chi connectivity index (χ1v) is 7.11. The second-order valence-corrected chi connectivity index (χ2v) is 5.20. The summed E-state index contributed by atoms with van der Waals surface area (Å²) in [5.74, 6) is 1.38. The highest BCUT2D eigenvalue weighted by Gasteiger charge is 2.18. The topological polar surface area (TPSA) is 8.81 Å². The van der Waals surface area contributed by atoms with Gasteiger partial charge in [-0.05, 0) is 12.8 Å². The van der Waals surface area contributed by atoms with Gasteiger partial charge in [0.05, 0.1) is 13.6 Å². The molecule has 0 unspecified atom stereocenters. The summed E-state index contributed by atoms with van der Waals surface area (Å²) >= 11 is 0. The summed E-state index contributed by atoms with van der Waals surface area (Å²) in [5, 5.41) is 0. The van der Waals surface area contributed by atoms with E-state index in [-0.39, 0.29) is 17.0 Å². The Kier molecular flexibility index (Phi) is 8.58. The molecular weight excluding hydrogens is 288 g/mol. The third-order valence-corrected chi connectivity index (χ3v) is 4.04. The van der Waals surface area contributed by atoms with Crippen molar-refractivity contribution in [1.29, 1.82) is 0 Å². The van der Waals surface area contributed by atoms with Crippen molar-refractivity contribution in [2.45, 2.75) is 72.8 Å². The Morgan fingerprint density at radius 3 is 2.00 bits per heavy atom. The van der Waals surface area contributed by atoms with Gasteiger partial charge in [-0.15, -0.1) is 0 Å². The maximum absolute atomic E-state index is 2.47. The van der Waals surface area contributed by atoms with Gasteiger partial charge in [0.1, 0.15) is 11.4 Å². The zero-order valence-electron chi connectivity index (χ0n) is 12.7. The normalized spacial score (nSPS) is 10.5. The first-order valence-electron chi connectivity index (χ1n) is 7.11. The van der Waals surface area contributed by atoms with Crippen molar-refractivity contribution in [3.63, 3.8) is 0 Å². The van der Waals surface area contributed by atoms with Gasteiger partial charge in [0.25, 0.3) is 5.82 Å². The molecule has 0 spiro atoms. The van der Waals surface area contributed by atoms with Gasteiger partial charge in [-0.3, -0.25) is 0 Å². The first-order chi connectivity index (χ1) is 8.09. The summed E-state index contributed by atoms with van der Waals surface area (Å²) in [6, 6.07) is 0. The molecule has 106 valence electrons. The van der Waals surface area contributed by atoms with Crippen molar-refractivity contribution in [1.82, 2.24) is 4.57 Å². The molecule has 18 heavy (non-hydrogen) atoms. The molecule has 0 aliphatic heterocycles. The van der Waals surface area contributed by atoms with Crippen LogP contribution in [0.3, 0.4) is 0 Å². The van der Waals surface area contributed by atoms with Crippen LogP contribution in [0.2, 0.25) is 0 Å². The minimum atomic E-state index is 0. The second kappa shape index (κ2) is 8.73. The van der Waals surface area contributed by atoms with Gasteiger partial charge in [-0.2, -0.15) is 0 Å². The van der Waals surface area contributed by atoms with E-state index in [9.17, 15) is 0 Å². The molecule has 2 nitrogen and oxygen atoms in total. The van der Waals surface area contributed by atoms with Gasteiger partial charge in [-0.1, -0.05) is 32.6 Å². The predicted octanol–water partition coefficient (Wildman–Crippen LogP) is 0.602. The van der Waals surface area contributed by atoms with E-state index in [0.717, 1.165) is 0 Å². The minimum Gasteiger partial charge on any atom is -1.00 e. The van der Waals surface area contributed by atoms with Gasteiger partial charge in [0.15, 0.2) is 0 Å². The molecule has 0 radical (unpaired) electrons. The Bertz CT molecular complexity index is 330. The number of imidazole rings is 1. The number of hydrogen-bond donors (Lipinski definition) is 0. The molecule has 1 aromatic rings. The monoisotopic (exact) mass is 316 g/mol. The fourth-order valence-corrected chi connectivity index (χ4v) is 2.48. The lowest BCUT2D eigenvalue weighted by Crippen LogP contribution is -3.00. The minimum absolute atomic E-state index is 0. The van der Waals surface area contributed by atoms with Crippen molar-refractivity contribution in [2.24, 2.45) is 7.05 Å². The molecule has 0 aromatic carbocycles. The lowest BCUT2D eigenvalue weighted by Gasteiger charge is -2.02. The number of hydrogen-bond acceptors (Lipinski definition) is 0.